The first-order valence-electron chi connectivity index (χ1n) is 9.94. The van der Waals surface area contributed by atoms with Crippen LogP contribution in [0.2, 0.25) is 0 Å². The minimum Gasteiger partial charge on any atom is -0.392 e. The maximum absolute atomic E-state index is 12.8. The average Bonchev–Trinajstić information content (AvgIpc) is 2.68. The van der Waals surface area contributed by atoms with Gasteiger partial charge in [-0.1, -0.05) is 43.5 Å². The van der Waals surface area contributed by atoms with Crippen molar-refractivity contribution >= 4 is 39.8 Å². The summed E-state index contributed by atoms with van der Waals surface area (Å²) in [6.07, 6.45) is 4.66. The second-order valence-electron chi connectivity index (χ2n) is 7.63. The maximum Gasteiger partial charge on any atom is 0.194 e. The Bertz CT molecular complexity index is 777. The number of aliphatic hydroxyl groups is 1. The Kier molecular flexibility index (Phi) is 8.57. The molecule has 1 heterocycles. The molecule has 0 unspecified atom stereocenters. The third-order valence-corrected chi connectivity index (χ3v) is 8.33. The third kappa shape index (κ3) is 5.18. The molecule has 2 N–H and O–H groups in total. The number of guanidine groups is 1. The second kappa shape index (κ2) is 10.2. The Hall–Kier alpha value is -0.870. The van der Waals surface area contributed by atoms with Crippen molar-refractivity contribution in [2.45, 2.75) is 56.9 Å². The fourth-order valence-electron chi connectivity index (χ4n) is 4.24. The lowest BCUT2D eigenvalue weighted by atomic mass is 9.87. The van der Waals surface area contributed by atoms with Crippen LogP contribution in [0.3, 0.4) is 0 Å². The molecule has 158 valence electrons. The first-order valence-corrected chi connectivity index (χ1v) is 11.6. The molecule has 1 aromatic rings. The molecule has 1 saturated heterocycles. The predicted molar refractivity (Wildman–Crippen MR) is 124 cm³/mol. The highest BCUT2D eigenvalue weighted by molar-refractivity contribution is 14.0. The number of rotatable bonds is 4. The van der Waals surface area contributed by atoms with Crippen molar-refractivity contribution in [2.75, 3.05) is 25.4 Å². The average molecular weight is 521 g/mol. The lowest BCUT2D eigenvalue weighted by Crippen LogP contribution is -2.60. The van der Waals surface area contributed by atoms with Crippen molar-refractivity contribution < 1.29 is 13.5 Å². The van der Waals surface area contributed by atoms with Crippen LogP contribution >= 0.6 is 24.0 Å². The number of sulfone groups is 1. The molecule has 1 aromatic carbocycles. The summed E-state index contributed by atoms with van der Waals surface area (Å²) < 4.78 is 25.0. The molecular formula is C20H32IN3O3S. The highest BCUT2D eigenvalue weighted by Gasteiger charge is 2.48. The van der Waals surface area contributed by atoms with Crippen molar-refractivity contribution in [3.05, 3.63) is 35.4 Å². The molecule has 2 fully saturated rings. The summed E-state index contributed by atoms with van der Waals surface area (Å²) in [5, 5.41) is 12.6. The second-order valence-corrected chi connectivity index (χ2v) is 10.1. The van der Waals surface area contributed by atoms with Crippen molar-refractivity contribution in [1.29, 1.82) is 0 Å². The minimum atomic E-state index is -3.06. The van der Waals surface area contributed by atoms with E-state index in [0.29, 0.717) is 19.6 Å². The molecule has 8 heteroatoms. The van der Waals surface area contributed by atoms with Crippen LogP contribution in [0.15, 0.2) is 29.3 Å². The van der Waals surface area contributed by atoms with Gasteiger partial charge in [0.25, 0.3) is 0 Å². The van der Waals surface area contributed by atoms with Gasteiger partial charge in [0.05, 0.1) is 23.7 Å². The molecule has 0 bridgehead atoms. The monoisotopic (exact) mass is 521 g/mol. The van der Waals surface area contributed by atoms with Crippen LogP contribution in [0, 0.1) is 0 Å². The Balaban J connectivity index is 0.00000280. The van der Waals surface area contributed by atoms with E-state index in [9.17, 15) is 13.5 Å². The zero-order valence-electron chi connectivity index (χ0n) is 16.6. The molecular weight excluding hydrogens is 489 g/mol. The fraction of sp³-hybridized carbons (Fsp3) is 0.650. The van der Waals surface area contributed by atoms with Crippen LogP contribution in [0.4, 0.5) is 0 Å². The summed E-state index contributed by atoms with van der Waals surface area (Å²) in [5.74, 6) is 0.990. The fourth-order valence-corrected chi connectivity index (χ4v) is 6.39. The van der Waals surface area contributed by atoms with E-state index in [1.165, 1.54) is 0 Å². The van der Waals surface area contributed by atoms with Gasteiger partial charge in [-0.15, -0.1) is 24.0 Å². The van der Waals surface area contributed by atoms with Gasteiger partial charge in [0.1, 0.15) is 0 Å². The molecule has 2 aliphatic rings. The predicted octanol–water partition coefficient (Wildman–Crippen LogP) is 2.70. The molecule has 3 rings (SSSR count). The SMILES string of the molecule is CCNC(=NCc1cccc(CO)c1)N1CCS(=O)(=O)C2(CCCCC2)C1.I. The van der Waals surface area contributed by atoms with Gasteiger partial charge in [-0.25, -0.2) is 13.4 Å². The van der Waals surface area contributed by atoms with Crippen molar-refractivity contribution in [3.8, 4) is 0 Å². The summed E-state index contributed by atoms with van der Waals surface area (Å²) in [6, 6.07) is 7.76. The van der Waals surface area contributed by atoms with Crippen molar-refractivity contribution in [1.82, 2.24) is 10.2 Å². The summed E-state index contributed by atoms with van der Waals surface area (Å²) in [6.45, 7) is 4.33. The molecule has 1 spiro atoms. The van der Waals surface area contributed by atoms with Gasteiger partial charge >= 0.3 is 0 Å². The Morgan fingerprint density at radius 2 is 1.96 bits per heavy atom. The summed E-state index contributed by atoms with van der Waals surface area (Å²) in [7, 11) is -3.06. The van der Waals surface area contributed by atoms with Crippen LogP contribution in [-0.4, -0.2) is 54.5 Å². The lowest BCUT2D eigenvalue weighted by Gasteiger charge is -2.45. The molecule has 1 aliphatic heterocycles. The molecule has 1 saturated carbocycles. The largest absolute Gasteiger partial charge is 0.392 e. The number of benzene rings is 1. The van der Waals surface area contributed by atoms with E-state index in [4.69, 9.17) is 4.99 Å². The van der Waals surface area contributed by atoms with Gasteiger partial charge in [0, 0.05) is 19.6 Å². The van der Waals surface area contributed by atoms with E-state index in [2.05, 4.69) is 10.2 Å². The van der Waals surface area contributed by atoms with Crippen LogP contribution < -0.4 is 5.32 Å². The normalized spacial score (nSPS) is 21.2. The van der Waals surface area contributed by atoms with Crippen LogP contribution in [0.25, 0.3) is 0 Å². The molecule has 0 amide bonds. The van der Waals surface area contributed by atoms with E-state index >= 15 is 0 Å². The summed E-state index contributed by atoms with van der Waals surface area (Å²) in [5.41, 5.74) is 1.91. The third-order valence-electron chi connectivity index (χ3n) is 5.75. The maximum atomic E-state index is 12.8. The van der Waals surface area contributed by atoms with E-state index < -0.39 is 14.6 Å². The van der Waals surface area contributed by atoms with E-state index in [-0.39, 0.29) is 36.3 Å². The van der Waals surface area contributed by atoms with Gasteiger partial charge in [-0.3, -0.25) is 0 Å². The zero-order chi connectivity index (χ0) is 19.3. The number of nitrogens with one attached hydrogen (secondary N) is 1. The van der Waals surface area contributed by atoms with Crippen molar-refractivity contribution in [2.24, 2.45) is 4.99 Å². The number of halogens is 1. The van der Waals surface area contributed by atoms with Gasteiger partial charge in [0.2, 0.25) is 0 Å². The Morgan fingerprint density at radius 1 is 1.25 bits per heavy atom. The highest BCUT2D eigenvalue weighted by Crippen LogP contribution is 2.38. The van der Waals surface area contributed by atoms with E-state index in [1.54, 1.807) is 0 Å². The summed E-state index contributed by atoms with van der Waals surface area (Å²) >= 11 is 0. The minimum absolute atomic E-state index is 0. The lowest BCUT2D eigenvalue weighted by molar-refractivity contribution is 0.274. The quantitative estimate of drug-likeness (QED) is 0.362. The molecule has 1 aliphatic carbocycles. The van der Waals surface area contributed by atoms with Crippen LogP contribution in [0.1, 0.15) is 50.2 Å². The van der Waals surface area contributed by atoms with E-state index in [1.807, 2.05) is 31.2 Å². The number of nitrogens with zero attached hydrogens (tertiary/aromatic N) is 2. The van der Waals surface area contributed by atoms with Crippen LogP contribution in [0.5, 0.6) is 0 Å². The number of hydrogen-bond donors (Lipinski definition) is 2. The number of aliphatic hydroxyl groups excluding tert-OH is 1. The molecule has 0 atom stereocenters. The highest BCUT2D eigenvalue weighted by atomic mass is 127. The van der Waals surface area contributed by atoms with Gasteiger partial charge in [0.15, 0.2) is 15.8 Å². The smallest absolute Gasteiger partial charge is 0.194 e. The molecule has 28 heavy (non-hydrogen) atoms. The Morgan fingerprint density at radius 3 is 2.64 bits per heavy atom. The molecule has 0 aromatic heterocycles. The van der Waals surface area contributed by atoms with Crippen molar-refractivity contribution in [3.63, 3.8) is 0 Å². The standard InChI is InChI=1S/C20H31N3O3S.HI/c1-2-21-19(22-14-17-7-6-8-18(13-17)15-24)23-11-12-27(25,26)20(16-23)9-4-3-5-10-20;/h6-8,13,24H,2-5,9-12,14-16H2,1H3,(H,21,22);1H. The number of aliphatic imine (C=N–C) groups is 1. The Labute approximate surface area is 185 Å². The first-order chi connectivity index (χ1) is 13.0. The number of hydrogen-bond acceptors (Lipinski definition) is 4. The zero-order valence-corrected chi connectivity index (χ0v) is 19.7. The topological polar surface area (TPSA) is 82.0 Å². The first kappa shape index (κ1) is 23.4. The molecule has 6 nitrogen and oxygen atoms in total. The summed E-state index contributed by atoms with van der Waals surface area (Å²) in [4.78, 5) is 6.89. The van der Waals surface area contributed by atoms with Gasteiger partial charge < -0.3 is 15.3 Å². The van der Waals surface area contributed by atoms with E-state index in [0.717, 1.165) is 55.7 Å². The molecule has 0 radical (unpaired) electrons. The van der Waals surface area contributed by atoms with Crippen LogP contribution in [-0.2, 0) is 23.0 Å². The van der Waals surface area contributed by atoms with Gasteiger partial charge in [-0.2, -0.15) is 0 Å². The van der Waals surface area contributed by atoms with Gasteiger partial charge in [-0.05, 0) is 30.9 Å².